The molecule has 0 aliphatic carbocycles. The fraction of sp³-hybridized carbons (Fsp3) is 0.200. The molecule has 1 aliphatic rings. The zero-order valence-corrected chi connectivity index (χ0v) is 21.8. The molecule has 1 saturated heterocycles. The standard InChI is InChI=1S/C15H16N2.C7H9N.C6H5NO.C2H4N2/c1-11-7-3-4-9-14(11)17-12(2)15(17)13-8-5-6-10-16-13;1-6-4-2-3-5-7(6)8;8-5-6-3-1-2-4-7-6;1-2-4-3/h3-10,12,15H,1-2H3;2-5H,8H2,1H3;1-5H;2H,1H3/t12-,15-,17?;;;/m0.../s1. The lowest BCUT2D eigenvalue weighted by atomic mass is 10.2. The molecule has 0 bridgehead atoms. The van der Waals surface area contributed by atoms with Gasteiger partial charge in [-0.1, -0.05) is 48.5 Å². The molecule has 1 aliphatic heterocycles. The Balaban J connectivity index is 0.000000202. The number of nitrogens with zero attached hydrogens (tertiary/aromatic N) is 5. The fourth-order valence-electron chi connectivity index (χ4n) is 3.54. The lowest BCUT2D eigenvalue weighted by Gasteiger charge is -2.08. The molecule has 3 heterocycles. The predicted molar refractivity (Wildman–Crippen MR) is 151 cm³/mol. The van der Waals surface area contributed by atoms with Gasteiger partial charge in [-0.15, -0.1) is 0 Å². The Morgan fingerprint density at radius 1 is 0.865 bits per heavy atom. The van der Waals surface area contributed by atoms with Crippen LogP contribution in [-0.4, -0.2) is 33.3 Å². The van der Waals surface area contributed by atoms with E-state index >= 15 is 0 Å². The Hall–Kier alpha value is -4.61. The summed E-state index contributed by atoms with van der Waals surface area (Å²) < 4.78 is 0. The molecule has 37 heavy (non-hydrogen) atoms. The van der Waals surface area contributed by atoms with Crippen molar-refractivity contribution in [3.05, 3.63) is 125 Å². The van der Waals surface area contributed by atoms with Crippen LogP contribution in [0.2, 0.25) is 0 Å². The Bertz CT molecular complexity index is 1250. The highest BCUT2D eigenvalue weighted by molar-refractivity contribution is 5.71. The van der Waals surface area contributed by atoms with Crippen LogP contribution in [0.4, 0.5) is 11.4 Å². The summed E-state index contributed by atoms with van der Waals surface area (Å²) in [6.45, 7) is 8.05. The van der Waals surface area contributed by atoms with Crippen molar-refractivity contribution >= 4 is 23.9 Å². The summed E-state index contributed by atoms with van der Waals surface area (Å²) in [7, 11) is 0. The van der Waals surface area contributed by atoms with Crippen molar-refractivity contribution in [2.24, 2.45) is 0 Å². The highest BCUT2D eigenvalue weighted by Crippen LogP contribution is 2.46. The van der Waals surface area contributed by atoms with E-state index in [0.717, 1.165) is 17.5 Å². The van der Waals surface area contributed by atoms with Crippen LogP contribution in [0.25, 0.3) is 5.53 Å². The van der Waals surface area contributed by atoms with Crippen molar-refractivity contribution in [3.8, 4) is 0 Å². The average Bonchev–Trinajstić information content (AvgIpc) is 3.62. The summed E-state index contributed by atoms with van der Waals surface area (Å²) in [6.07, 6.45) is 5.49. The first-order valence-corrected chi connectivity index (χ1v) is 12.0. The van der Waals surface area contributed by atoms with E-state index in [-0.39, 0.29) is 0 Å². The molecule has 2 aromatic carbocycles. The summed E-state index contributed by atoms with van der Waals surface area (Å²) in [5.74, 6) is 0. The predicted octanol–water partition coefficient (Wildman–Crippen LogP) is 6.12. The van der Waals surface area contributed by atoms with E-state index in [4.69, 9.17) is 11.3 Å². The van der Waals surface area contributed by atoms with Gasteiger partial charge in [-0.05, 0) is 68.3 Å². The number of para-hydroxylation sites is 2. The summed E-state index contributed by atoms with van der Waals surface area (Å²) in [6, 6.07) is 28.7. The van der Waals surface area contributed by atoms with Gasteiger partial charge in [0.15, 0.2) is 6.29 Å². The number of pyridine rings is 2. The van der Waals surface area contributed by atoms with Gasteiger partial charge in [-0.3, -0.25) is 14.8 Å². The molecule has 2 atom stereocenters. The molecule has 0 saturated carbocycles. The zero-order chi connectivity index (χ0) is 27.0. The molecular formula is C30H34N6O. The molecule has 5 rings (SSSR count). The summed E-state index contributed by atoms with van der Waals surface area (Å²) in [5, 5.41) is 0. The van der Waals surface area contributed by atoms with Gasteiger partial charge >= 0.3 is 0 Å². The lowest BCUT2D eigenvalue weighted by molar-refractivity contribution is 0.00297. The van der Waals surface area contributed by atoms with Crippen molar-refractivity contribution in [1.29, 1.82) is 0 Å². The maximum atomic E-state index is 9.94. The maximum absolute atomic E-state index is 9.94. The second-order valence-electron chi connectivity index (χ2n) is 8.24. The number of hydrogen-bond acceptors (Lipinski definition) is 5. The first-order chi connectivity index (χ1) is 17.9. The van der Waals surface area contributed by atoms with Gasteiger partial charge in [0.05, 0.1) is 17.8 Å². The third kappa shape index (κ3) is 9.17. The molecule has 7 heteroatoms. The fourth-order valence-corrected chi connectivity index (χ4v) is 3.54. The van der Waals surface area contributed by atoms with Crippen LogP contribution in [-0.2, 0) is 0 Å². The highest BCUT2D eigenvalue weighted by atomic mass is 16.1. The van der Waals surface area contributed by atoms with Crippen LogP contribution in [0.1, 0.15) is 47.2 Å². The summed E-state index contributed by atoms with van der Waals surface area (Å²) in [5.41, 5.74) is 19.3. The second-order valence-corrected chi connectivity index (χ2v) is 8.24. The van der Waals surface area contributed by atoms with Crippen molar-refractivity contribution in [3.63, 3.8) is 0 Å². The van der Waals surface area contributed by atoms with Crippen molar-refractivity contribution in [1.82, 2.24) is 9.97 Å². The van der Waals surface area contributed by atoms with E-state index in [9.17, 15) is 4.79 Å². The van der Waals surface area contributed by atoms with Gasteiger partial charge < -0.3 is 16.2 Å². The number of aryl methyl sites for hydroxylation is 2. The number of aromatic nitrogens is 2. The molecule has 2 N–H and O–H groups in total. The van der Waals surface area contributed by atoms with Gasteiger partial charge in [-0.25, -0.2) is 0 Å². The number of rotatable bonds is 3. The van der Waals surface area contributed by atoms with Crippen LogP contribution in [0.3, 0.4) is 0 Å². The molecule has 0 radical (unpaired) electrons. The van der Waals surface area contributed by atoms with Crippen LogP contribution < -0.4 is 10.6 Å². The van der Waals surface area contributed by atoms with Crippen molar-refractivity contribution in [2.45, 2.75) is 39.8 Å². The number of aldehydes is 1. The lowest BCUT2D eigenvalue weighted by Crippen LogP contribution is -1.98. The molecule has 1 fully saturated rings. The van der Waals surface area contributed by atoms with Crippen molar-refractivity contribution in [2.75, 3.05) is 10.6 Å². The number of anilines is 2. The van der Waals surface area contributed by atoms with E-state index in [0.29, 0.717) is 17.8 Å². The first kappa shape index (κ1) is 28.6. The third-order valence-electron chi connectivity index (χ3n) is 5.60. The quantitative estimate of drug-likeness (QED) is 0.0922. The molecule has 0 spiro atoms. The molecule has 190 valence electrons. The second kappa shape index (κ2) is 15.4. The molecule has 2 aromatic heterocycles. The molecule has 4 aromatic rings. The Labute approximate surface area is 219 Å². The summed E-state index contributed by atoms with van der Waals surface area (Å²) >= 11 is 0. The van der Waals surface area contributed by atoms with Gasteiger partial charge in [0.25, 0.3) is 6.21 Å². The Morgan fingerprint density at radius 2 is 1.43 bits per heavy atom. The first-order valence-electron chi connectivity index (χ1n) is 12.0. The van der Waals surface area contributed by atoms with Crippen LogP contribution in [0, 0.1) is 13.8 Å². The van der Waals surface area contributed by atoms with Crippen LogP contribution >= 0.6 is 0 Å². The maximum Gasteiger partial charge on any atom is 0.254 e. The monoisotopic (exact) mass is 494 g/mol. The van der Waals surface area contributed by atoms with Gasteiger partial charge in [-0.2, -0.15) is 4.79 Å². The van der Waals surface area contributed by atoms with Crippen molar-refractivity contribution < 1.29 is 9.58 Å². The number of nitrogen functional groups attached to an aromatic ring is 1. The Morgan fingerprint density at radius 3 is 1.86 bits per heavy atom. The molecule has 0 amide bonds. The normalized spacial score (nSPS) is 14.6. The van der Waals surface area contributed by atoms with E-state index < -0.39 is 0 Å². The van der Waals surface area contributed by atoms with Gasteiger partial charge in [0, 0.05) is 30.7 Å². The number of carbonyl (C=O) groups is 1. The smallest absolute Gasteiger partial charge is 0.254 e. The zero-order valence-electron chi connectivity index (χ0n) is 21.8. The highest BCUT2D eigenvalue weighted by Gasteiger charge is 2.46. The summed E-state index contributed by atoms with van der Waals surface area (Å²) in [4.78, 5) is 23.2. The molecular weight excluding hydrogens is 460 g/mol. The minimum atomic E-state index is 0.442. The number of carbonyl (C=O) groups excluding carboxylic acids is 1. The Kier molecular flexibility index (Phi) is 11.9. The van der Waals surface area contributed by atoms with Crippen LogP contribution in [0.5, 0.6) is 0 Å². The minimum absolute atomic E-state index is 0.442. The minimum Gasteiger partial charge on any atom is -0.399 e. The van der Waals surface area contributed by atoms with E-state index in [1.807, 2.05) is 43.5 Å². The molecule has 7 nitrogen and oxygen atoms in total. The SMILES string of the molecule is CC=[N+]=[N-].Cc1ccccc1N.Cc1ccccc1N1[C@H](c2ccccn2)[C@@H]1C.O=Cc1ccccn1. The average molecular weight is 495 g/mol. The van der Waals surface area contributed by atoms with E-state index in [1.54, 1.807) is 31.3 Å². The largest absolute Gasteiger partial charge is 0.399 e. The topological polar surface area (TPSA) is 108 Å². The number of hydrogen-bond donors (Lipinski definition) is 1. The molecule has 0 unspecified atom stereocenters. The van der Waals surface area contributed by atoms with Gasteiger partial charge in [0.1, 0.15) is 5.69 Å². The van der Waals surface area contributed by atoms with E-state index in [1.165, 1.54) is 23.2 Å². The number of nitrogens with two attached hydrogens (primary N) is 1. The van der Waals surface area contributed by atoms with Gasteiger partial charge in [0.2, 0.25) is 0 Å². The third-order valence-corrected chi connectivity index (χ3v) is 5.60. The van der Waals surface area contributed by atoms with E-state index in [2.05, 4.69) is 69.9 Å². The van der Waals surface area contributed by atoms with Crippen LogP contribution in [0.15, 0.2) is 97.3 Å². The number of benzene rings is 2.